The highest BCUT2D eigenvalue weighted by atomic mass is 31.2. The largest absolute Gasteiger partial charge is 0.472 e. The SMILES string of the molecule is CCC(C)CCCCCCCCCCCCCCCCCCCCC(=O)OC[C@H](COP(=O)(O)OCC(O)COP(=O)(O)OC[C@@H](COC(=O)CCCCCCCCCCC(C)C)OC(=O)CCCCCCCCCCC(C)CC)OC(=O)CCCCCCCCC(C)C. The molecule has 0 fully saturated rings. The van der Waals surface area contributed by atoms with Gasteiger partial charge in [0, 0.05) is 25.7 Å². The normalized spacial score (nSPS) is 14.7. The van der Waals surface area contributed by atoms with Crippen LogP contribution in [0.2, 0.25) is 0 Å². The Morgan fingerprint density at radius 1 is 0.298 bits per heavy atom. The lowest BCUT2D eigenvalue weighted by atomic mass is 9.99. The average Bonchev–Trinajstić information content (AvgIpc) is 1.12. The van der Waals surface area contributed by atoms with Crippen LogP contribution in [0.1, 0.15) is 376 Å². The van der Waals surface area contributed by atoms with Crippen molar-refractivity contribution in [2.24, 2.45) is 23.7 Å². The Morgan fingerprint density at radius 2 is 0.511 bits per heavy atom. The predicted molar refractivity (Wildman–Crippen MR) is 381 cm³/mol. The van der Waals surface area contributed by atoms with Crippen LogP contribution >= 0.6 is 15.6 Å². The summed E-state index contributed by atoms with van der Waals surface area (Å²) in [5.74, 6) is 0.909. The number of carbonyl (C=O) groups excluding carboxylic acids is 4. The van der Waals surface area contributed by atoms with Gasteiger partial charge in [0.2, 0.25) is 0 Å². The molecule has 3 N–H and O–H groups in total. The van der Waals surface area contributed by atoms with Gasteiger partial charge in [0.25, 0.3) is 0 Å². The van der Waals surface area contributed by atoms with E-state index in [1.807, 2.05) is 0 Å². The second-order valence-electron chi connectivity index (χ2n) is 28.5. The van der Waals surface area contributed by atoms with Crippen LogP contribution in [0.25, 0.3) is 0 Å². The van der Waals surface area contributed by atoms with Crippen LogP contribution in [0.4, 0.5) is 0 Å². The second kappa shape index (κ2) is 64.4. The zero-order valence-corrected chi connectivity index (χ0v) is 63.4. The molecule has 0 aliphatic rings. The van der Waals surface area contributed by atoms with Gasteiger partial charge in [0.05, 0.1) is 26.4 Å². The summed E-state index contributed by atoms with van der Waals surface area (Å²) in [7, 11) is -9.91. The minimum absolute atomic E-state index is 0.102. The molecule has 5 unspecified atom stereocenters. The van der Waals surface area contributed by atoms with Crippen molar-refractivity contribution in [3.05, 3.63) is 0 Å². The van der Waals surface area contributed by atoms with Crippen molar-refractivity contribution in [2.75, 3.05) is 39.6 Å². The van der Waals surface area contributed by atoms with Crippen molar-refractivity contribution in [3.8, 4) is 0 Å². The standard InChI is InChI=1S/C75H146O17P2/c1-9-67(7)53-45-37-28-21-19-17-15-13-11-12-14-16-18-20-22-30-39-47-55-72(77)85-62-71(92-75(80)58-50-42-34-33-36-44-52-66(5)6)64-90-94(83,84)88-60-69(76)59-87-93(81,82)89-63-70(61-86-73(78)56-48-40-31-25-23-27-35-43-51-65(3)4)91-74(79)57-49-41-32-26-24-29-38-46-54-68(8)10-2/h65-71,76H,9-64H2,1-8H3,(H,81,82)(H,83,84)/t67?,68?,69?,70-,71-/m1/s1. The van der Waals surface area contributed by atoms with Crippen LogP contribution in [0.3, 0.4) is 0 Å². The summed E-state index contributed by atoms with van der Waals surface area (Å²) in [5, 5.41) is 10.6. The highest BCUT2D eigenvalue weighted by Crippen LogP contribution is 2.45. The first-order valence-corrected chi connectivity index (χ1v) is 41.8. The molecule has 17 nitrogen and oxygen atoms in total. The quantitative estimate of drug-likeness (QED) is 0.0222. The molecular formula is C75H146O17P2. The smallest absolute Gasteiger partial charge is 0.462 e. The molecular weight excluding hydrogens is 1230 g/mol. The number of esters is 4. The number of aliphatic hydroxyl groups excluding tert-OH is 1. The average molecular weight is 1380 g/mol. The van der Waals surface area contributed by atoms with Gasteiger partial charge in [-0.25, -0.2) is 9.13 Å². The van der Waals surface area contributed by atoms with Crippen molar-refractivity contribution in [1.29, 1.82) is 0 Å². The van der Waals surface area contributed by atoms with Crippen LogP contribution in [-0.4, -0.2) is 96.7 Å². The summed E-state index contributed by atoms with van der Waals surface area (Å²) in [6.07, 6.45) is 48.9. The fourth-order valence-corrected chi connectivity index (χ4v) is 12.9. The lowest BCUT2D eigenvalue weighted by Gasteiger charge is -2.21. The molecule has 0 radical (unpaired) electrons. The third-order valence-electron chi connectivity index (χ3n) is 18.0. The van der Waals surface area contributed by atoms with Gasteiger partial charge in [-0.15, -0.1) is 0 Å². The molecule has 0 bridgehead atoms. The number of phosphoric ester groups is 2. The molecule has 0 aromatic carbocycles. The van der Waals surface area contributed by atoms with E-state index in [0.29, 0.717) is 31.6 Å². The molecule has 0 aromatic heterocycles. The minimum atomic E-state index is -4.95. The maximum Gasteiger partial charge on any atom is 0.472 e. The lowest BCUT2D eigenvalue weighted by Crippen LogP contribution is -2.30. The number of unbranched alkanes of at least 4 members (excludes halogenated alkanes) is 36. The number of ether oxygens (including phenoxy) is 4. The molecule has 0 aromatic rings. The molecule has 0 aliphatic carbocycles. The van der Waals surface area contributed by atoms with Gasteiger partial charge in [-0.1, -0.05) is 325 Å². The Labute approximate surface area is 575 Å². The van der Waals surface area contributed by atoms with Crippen molar-refractivity contribution in [1.82, 2.24) is 0 Å². The number of phosphoric acid groups is 2. The zero-order valence-electron chi connectivity index (χ0n) is 61.6. The molecule has 7 atom stereocenters. The van der Waals surface area contributed by atoms with E-state index in [2.05, 4.69) is 55.4 Å². The summed E-state index contributed by atoms with van der Waals surface area (Å²) < 4.78 is 68.4. The van der Waals surface area contributed by atoms with Crippen molar-refractivity contribution >= 4 is 39.5 Å². The molecule has 0 heterocycles. The van der Waals surface area contributed by atoms with E-state index < -0.39 is 97.5 Å². The van der Waals surface area contributed by atoms with Gasteiger partial charge in [-0.3, -0.25) is 37.3 Å². The Morgan fingerprint density at radius 3 is 0.755 bits per heavy atom. The molecule has 558 valence electrons. The first-order valence-electron chi connectivity index (χ1n) is 38.8. The molecule has 0 aliphatic heterocycles. The number of carbonyl (C=O) groups is 4. The monoisotopic (exact) mass is 1380 g/mol. The second-order valence-corrected chi connectivity index (χ2v) is 31.4. The van der Waals surface area contributed by atoms with Crippen LogP contribution in [0.15, 0.2) is 0 Å². The van der Waals surface area contributed by atoms with E-state index in [9.17, 15) is 43.2 Å². The van der Waals surface area contributed by atoms with E-state index >= 15 is 0 Å². The highest BCUT2D eigenvalue weighted by molar-refractivity contribution is 7.47. The number of rotatable bonds is 72. The highest BCUT2D eigenvalue weighted by Gasteiger charge is 2.30. The van der Waals surface area contributed by atoms with Gasteiger partial charge in [-0.2, -0.15) is 0 Å². The van der Waals surface area contributed by atoms with Crippen molar-refractivity contribution in [3.63, 3.8) is 0 Å². The maximum absolute atomic E-state index is 13.0. The summed E-state index contributed by atoms with van der Waals surface area (Å²) >= 11 is 0. The first-order chi connectivity index (χ1) is 45.2. The van der Waals surface area contributed by atoms with Crippen molar-refractivity contribution in [2.45, 2.75) is 395 Å². The van der Waals surface area contributed by atoms with Gasteiger partial charge < -0.3 is 33.8 Å². The van der Waals surface area contributed by atoms with E-state index in [-0.39, 0.29) is 25.7 Å². The Kier molecular flexibility index (Phi) is 63.1. The van der Waals surface area contributed by atoms with E-state index in [1.165, 1.54) is 180 Å². The summed E-state index contributed by atoms with van der Waals surface area (Å²) in [6, 6.07) is 0. The molecule has 0 amide bonds. The Bertz CT molecular complexity index is 1850. The minimum Gasteiger partial charge on any atom is -0.462 e. The molecule has 94 heavy (non-hydrogen) atoms. The predicted octanol–water partition coefficient (Wildman–Crippen LogP) is 21.7. The summed E-state index contributed by atoms with van der Waals surface area (Å²) in [4.78, 5) is 72.6. The van der Waals surface area contributed by atoms with Gasteiger partial charge in [0.1, 0.15) is 19.3 Å². The number of aliphatic hydroxyl groups is 1. The molecule has 0 saturated heterocycles. The third-order valence-corrected chi connectivity index (χ3v) is 19.9. The van der Waals surface area contributed by atoms with Crippen LogP contribution < -0.4 is 0 Å². The third kappa shape index (κ3) is 66.0. The van der Waals surface area contributed by atoms with E-state index in [0.717, 1.165) is 108 Å². The Hall–Kier alpha value is -1.94. The topological polar surface area (TPSA) is 237 Å². The van der Waals surface area contributed by atoms with Crippen LogP contribution in [0, 0.1) is 23.7 Å². The van der Waals surface area contributed by atoms with Gasteiger partial charge >= 0.3 is 39.5 Å². The summed E-state index contributed by atoms with van der Waals surface area (Å²) in [6.45, 7) is 14.1. The maximum atomic E-state index is 13.0. The van der Waals surface area contributed by atoms with Gasteiger partial charge in [-0.05, 0) is 49.4 Å². The fraction of sp³-hybridized carbons (Fsp3) is 0.947. The van der Waals surface area contributed by atoms with Crippen molar-refractivity contribution < 1.29 is 80.2 Å². The first kappa shape index (κ1) is 92.1. The molecule has 19 heteroatoms. The van der Waals surface area contributed by atoms with E-state index in [1.54, 1.807) is 0 Å². The van der Waals surface area contributed by atoms with Crippen LogP contribution in [-0.2, 0) is 65.4 Å². The number of hydrogen-bond acceptors (Lipinski definition) is 15. The lowest BCUT2D eigenvalue weighted by molar-refractivity contribution is -0.161. The fourth-order valence-electron chi connectivity index (χ4n) is 11.3. The van der Waals surface area contributed by atoms with Crippen LogP contribution in [0.5, 0.6) is 0 Å². The Balaban J connectivity index is 5.11. The van der Waals surface area contributed by atoms with E-state index in [4.69, 9.17) is 37.0 Å². The molecule has 0 saturated carbocycles. The summed E-state index contributed by atoms with van der Waals surface area (Å²) in [5.41, 5.74) is 0. The molecule has 0 rings (SSSR count). The molecule has 0 spiro atoms. The van der Waals surface area contributed by atoms with Gasteiger partial charge in [0.15, 0.2) is 12.2 Å². The zero-order chi connectivity index (χ0) is 69.6. The number of hydrogen-bond donors (Lipinski definition) is 3.